The van der Waals surface area contributed by atoms with Gasteiger partial charge in [-0.3, -0.25) is 4.57 Å². The summed E-state index contributed by atoms with van der Waals surface area (Å²) in [6, 6.07) is 21.4. The van der Waals surface area contributed by atoms with E-state index in [1.54, 1.807) is 0 Å². The third-order valence-electron chi connectivity index (χ3n) is 5.38. The molecular weight excluding hydrogens is 334 g/mol. The molecule has 5 nitrogen and oxygen atoms in total. The van der Waals surface area contributed by atoms with Crippen LogP contribution in [0.15, 0.2) is 73.3 Å². The highest BCUT2D eigenvalue weighted by Gasteiger charge is 2.19. The molecule has 0 amide bonds. The lowest BCUT2D eigenvalue weighted by atomic mass is 10.1. The van der Waals surface area contributed by atoms with Gasteiger partial charge in [-0.1, -0.05) is 42.5 Å². The van der Waals surface area contributed by atoms with Crippen LogP contribution < -0.4 is 0 Å². The van der Waals surface area contributed by atoms with E-state index in [0.29, 0.717) is 5.95 Å². The van der Waals surface area contributed by atoms with Gasteiger partial charge in [0.05, 0.1) is 16.6 Å². The number of hydrogen-bond donors (Lipinski definition) is 0. The van der Waals surface area contributed by atoms with Crippen molar-refractivity contribution in [1.82, 2.24) is 24.1 Å². The third kappa shape index (κ3) is 1.80. The first kappa shape index (κ1) is 14.4. The second-order valence-corrected chi connectivity index (χ2v) is 6.72. The molecule has 0 N–H and O–H groups in total. The summed E-state index contributed by atoms with van der Waals surface area (Å²) in [5, 5.41) is 4.96. The third-order valence-corrected chi connectivity index (χ3v) is 5.38. The number of rotatable bonds is 1. The van der Waals surface area contributed by atoms with Gasteiger partial charge in [0, 0.05) is 34.1 Å². The van der Waals surface area contributed by atoms with E-state index in [0.717, 1.165) is 11.0 Å². The van der Waals surface area contributed by atoms with Gasteiger partial charge in [-0.25, -0.2) is 15.0 Å². The standard InChI is InChI=1S/C22H15N5/c1-26-17-8-4-2-6-14(17)15-10-11-19-20(21(15)26)16-7-3-5-9-18(16)27(19)22-24-12-23-13-25-22/h2-13H,1H3. The minimum Gasteiger partial charge on any atom is -0.343 e. The summed E-state index contributed by atoms with van der Waals surface area (Å²) in [6.07, 6.45) is 3.08. The molecule has 0 saturated carbocycles. The van der Waals surface area contributed by atoms with Gasteiger partial charge in [-0.15, -0.1) is 0 Å². The summed E-state index contributed by atoms with van der Waals surface area (Å²) in [6.45, 7) is 0. The van der Waals surface area contributed by atoms with E-state index in [9.17, 15) is 0 Å². The predicted molar refractivity (Wildman–Crippen MR) is 108 cm³/mol. The summed E-state index contributed by atoms with van der Waals surface area (Å²) in [5.41, 5.74) is 4.66. The summed E-state index contributed by atoms with van der Waals surface area (Å²) < 4.78 is 4.40. The first-order valence-corrected chi connectivity index (χ1v) is 8.86. The van der Waals surface area contributed by atoms with Gasteiger partial charge in [0.1, 0.15) is 12.7 Å². The lowest BCUT2D eigenvalue weighted by molar-refractivity contribution is 0.939. The van der Waals surface area contributed by atoms with Crippen molar-refractivity contribution >= 4 is 43.6 Å². The number of nitrogens with zero attached hydrogens (tertiary/aromatic N) is 5. The van der Waals surface area contributed by atoms with Crippen LogP contribution in [-0.4, -0.2) is 24.1 Å². The second-order valence-electron chi connectivity index (χ2n) is 6.72. The van der Waals surface area contributed by atoms with E-state index >= 15 is 0 Å². The molecular formula is C22H15N5. The fourth-order valence-electron chi connectivity index (χ4n) is 4.29. The van der Waals surface area contributed by atoms with Gasteiger partial charge in [-0.05, 0) is 18.2 Å². The van der Waals surface area contributed by atoms with Crippen molar-refractivity contribution in [2.24, 2.45) is 7.05 Å². The molecule has 0 radical (unpaired) electrons. The molecule has 0 aliphatic rings. The fraction of sp³-hybridized carbons (Fsp3) is 0.0455. The van der Waals surface area contributed by atoms with Gasteiger partial charge in [0.15, 0.2) is 0 Å². The van der Waals surface area contributed by atoms with Gasteiger partial charge in [-0.2, -0.15) is 0 Å². The SMILES string of the molecule is Cn1c2ccccc2c2ccc3c(c4ccccc4n3-c3ncncn3)c21. The Bertz CT molecular complexity index is 1470. The van der Waals surface area contributed by atoms with Gasteiger partial charge in [0.2, 0.25) is 5.95 Å². The maximum Gasteiger partial charge on any atom is 0.237 e. The zero-order valence-electron chi connectivity index (χ0n) is 14.7. The topological polar surface area (TPSA) is 48.5 Å². The molecule has 0 aliphatic carbocycles. The van der Waals surface area contributed by atoms with Crippen LogP contribution in [0, 0.1) is 0 Å². The lowest BCUT2D eigenvalue weighted by Crippen LogP contribution is -2.00. The van der Waals surface area contributed by atoms with E-state index in [2.05, 4.69) is 91.8 Å². The smallest absolute Gasteiger partial charge is 0.237 e. The molecule has 0 bridgehead atoms. The van der Waals surface area contributed by atoms with Gasteiger partial charge in [0.25, 0.3) is 0 Å². The number of fused-ring (bicyclic) bond motifs is 7. The monoisotopic (exact) mass is 349 g/mol. The van der Waals surface area contributed by atoms with Crippen molar-refractivity contribution in [2.45, 2.75) is 0 Å². The number of aryl methyl sites for hydroxylation is 1. The summed E-state index contributed by atoms with van der Waals surface area (Å²) in [4.78, 5) is 12.8. The minimum atomic E-state index is 0.634. The van der Waals surface area contributed by atoms with E-state index in [4.69, 9.17) is 0 Å². The molecule has 0 saturated heterocycles. The van der Waals surface area contributed by atoms with Crippen molar-refractivity contribution in [3.05, 3.63) is 73.3 Å². The zero-order chi connectivity index (χ0) is 18.0. The minimum absolute atomic E-state index is 0.634. The Labute approximate surface area is 154 Å². The van der Waals surface area contributed by atoms with Gasteiger partial charge < -0.3 is 4.57 Å². The van der Waals surface area contributed by atoms with E-state index in [1.807, 2.05) is 0 Å². The van der Waals surface area contributed by atoms with Crippen LogP contribution in [-0.2, 0) is 7.05 Å². The fourth-order valence-corrected chi connectivity index (χ4v) is 4.29. The summed E-state index contributed by atoms with van der Waals surface area (Å²) in [7, 11) is 2.14. The van der Waals surface area contributed by atoms with Crippen LogP contribution in [0.3, 0.4) is 0 Å². The first-order chi connectivity index (χ1) is 13.3. The van der Waals surface area contributed by atoms with E-state index in [1.165, 1.54) is 45.2 Å². The molecule has 3 heterocycles. The maximum absolute atomic E-state index is 4.40. The van der Waals surface area contributed by atoms with E-state index in [-0.39, 0.29) is 0 Å². The first-order valence-electron chi connectivity index (χ1n) is 8.86. The molecule has 0 spiro atoms. The van der Waals surface area contributed by atoms with Crippen LogP contribution in [0.5, 0.6) is 0 Å². The van der Waals surface area contributed by atoms with Crippen molar-refractivity contribution in [2.75, 3.05) is 0 Å². The number of benzene rings is 3. The summed E-state index contributed by atoms with van der Waals surface area (Å²) >= 11 is 0. The van der Waals surface area contributed by atoms with Crippen LogP contribution in [0.1, 0.15) is 0 Å². The average Bonchev–Trinajstić information content (AvgIpc) is 3.22. The quantitative estimate of drug-likeness (QED) is 0.435. The Hall–Kier alpha value is -3.73. The van der Waals surface area contributed by atoms with Crippen LogP contribution in [0.2, 0.25) is 0 Å². The van der Waals surface area contributed by atoms with Crippen LogP contribution in [0.25, 0.3) is 49.6 Å². The van der Waals surface area contributed by atoms with Gasteiger partial charge >= 0.3 is 0 Å². The van der Waals surface area contributed by atoms with Crippen molar-refractivity contribution < 1.29 is 0 Å². The van der Waals surface area contributed by atoms with Crippen LogP contribution >= 0.6 is 0 Å². The highest BCUT2D eigenvalue weighted by atomic mass is 15.2. The largest absolute Gasteiger partial charge is 0.343 e. The molecule has 5 heteroatoms. The molecule has 3 aromatic heterocycles. The number of aromatic nitrogens is 5. The Morgan fingerprint density at radius 1 is 0.667 bits per heavy atom. The normalized spacial score (nSPS) is 11.9. The van der Waals surface area contributed by atoms with Crippen molar-refractivity contribution in [3.63, 3.8) is 0 Å². The predicted octanol–water partition coefficient (Wildman–Crippen LogP) is 4.61. The Kier molecular flexibility index (Phi) is 2.75. The maximum atomic E-state index is 4.40. The van der Waals surface area contributed by atoms with Crippen molar-refractivity contribution in [1.29, 1.82) is 0 Å². The molecule has 128 valence electrons. The Morgan fingerprint density at radius 3 is 2.19 bits per heavy atom. The highest BCUT2D eigenvalue weighted by Crippen LogP contribution is 2.39. The molecule has 3 aromatic carbocycles. The lowest BCUT2D eigenvalue weighted by Gasteiger charge is -2.05. The highest BCUT2D eigenvalue weighted by molar-refractivity contribution is 6.25. The van der Waals surface area contributed by atoms with Crippen molar-refractivity contribution in [3.8, 4) is 5.95 Å². The van der Waals surface area contributed by atoms with E-state index < -0.39 is 0 Å². The molecule has 0 aliphatic heterocycles. The molecule has 0 fully saturated rings. The average molecular weight is 349 g/mol. The molecule has 0 unspecified atom stereocenters. The Morgan fingerprint density at radius 2 is 1.37 bits per heavy atom. The Balaban J connectivity index is 1.92. The van der Waals surface area contributed by atoms with Crippen LogP contribution in [0.4, 0.5) is 0 Å². The molecule has 0 atom stereocenters. The molecule has 27 heavy (non-hydrogen) atoms. The number of hydrogen-bond acceptors (Lipinski definition) is 3. The number of para-hydroxylation sites is 2. The molecule has 6 rings (SSSR count). The zero-order valence-corrected chi connectivity index (χ0v) is 14.7. The molecule has 6 aromatic rings. The summed E-state index contributed by atoms with van der Waals surface area (Å²) in [5.74, 6) is 0.634. The second kappa shape index (κ2) is 5.14.